The number of nitrogens with one attached hydrogen (secondary N) is 1. The predicted octanol–water partition coefficient (Wildman–Crippen LogP) is 1.38. The van der Waals surface area contributed by atoms with Gasteiger partial charge in [-0.25, -0.2) is 13.1 Å². The monoisotopic (exact) mass is 292 g/mol. The predicted molar refractivity (Wildman–Crippen MR) is 79.6 cm³/mol. The van der Waals surface area contributed by atoms with Gasteiger partial charge in [-0.2, -0.15) is 0 Å². The Kier molecular flexibility index (Phi) is 4.48. The third-order valence-corrected chi connectivity index (χ3v) is 5.20. The number of nitrogens with two attached hydrogens (primary N) is 1. The van der Waals surface area contributed by atoms with Gasteiger partial charge >= 0.3 is 0 Å². The van der Waals surface area contributed by atoms with E-state index >= 15 is 0 Å². The Bertz CT molecular complexity index is 656. The molecule has 0 bridgehead atoms. The van der Waals surface area contributed by atoms with Crippen molar-refractivity contribution in [1.82, 2.24) is 4.72 Å². The van der Waals surface area contributed by atoms with Gasteiger partial charge in [-0.15, -0.1) is 0 Å². The summed E-state index contributed by atoms with van der Waals surface area (Å²) in [7, 11) is -3.47. The average Bonchev–Trinajstić information content (AvgIpc) is 3.15. The highest BCUT2D eigenvalue weighted by atomic mass is 32.2. The van der Waals surface area contributed by atoms with E-state index in [4.69, 9.17) is 5.73 Å². The molecule has 108 valence electrons. The van der Waals surface area contributed by atoms with Gasteiger partial charge < -0.3 is 5.73 Å². The quantitative estimate of drug-likeness (QED) is 0.824. The molecular formula is C15H20N2O2S. The van der Waals surface area contributed by atoms with Crippen LogP contribution in [0.4, 0.5) is 0 Å². The van der Waals surface area contributed by atoms with Gasteiger partial charge in [0.15, 0.2) is 0 Å². The molecule has 2 atom stereocenters. The summed E-state index contributed by atoms with van der Waals surface area (Å²) in [5, 5.41) is 0. The van der Waals surface area contributed by atoms with E-state index in [9.17, 15) is 8.42 Å². The first kappa shape index (κ1) is 15.0. The molecule has 3 N–H and O–H groups in total. The molecule has 0 aromatic heterocycles. The van der Waals surface area contributed by atoms with Crippen LogP contribution in [0.2, 0.25) is 0 Å². The third-order valence-electron chi connectivity index (χ3n) is 3.57. The zero-order valence-corrected chi connectivity index (χ0v) is 12.6. The molecule has 1 aliphatic rings. The van der Waals surface area contributed by atoms with Gasteiger partial charge in [-0.05, 0) is 37.0 Å². The minimum absolute atomic E-state index is 0.0863. The minimum atomic E-state index is -3.47. The molecule has 0 heterocycles. The molecule has 20 heavy (non-hydrogen) atoms. The van der Waals surface area contributed by atoms with Crippen molar-refractivity contribution >= 4 is 10.0 Å². The zero-order valence-electron chi connectivity index (χ0n) is 11.8. The van der Waals surface area contributed by atoms with E-state index in [2.05, 4.69) is 23.5 Å². The summed E-state index contributed by atoms with van der Waals surface area (Å²) >= 11 is 0. The molecule has 0 aliphatic heterocycles. The van der Waals surface area contributed by atoms with Crippen molar-refractivity contribution in [2.24, 2.45) is 11.7 Å². The minimum Gasteiger partial charge on any atom is -0.320 e. The molecule has 2 unspecified atom stereocenters. The van der Waals surface area contributed by atoms with Gasteiger partial charge in [-0.1, -0.05) is 31.3 Å². The summed E-state index contributed by atoms with van der Waals surface area (Å²) in [6.45, 7) is 4.13. The molecule has 1 aromatic rings. The van der Waals surface area contributed by atoms with Crippen LogP contribution < -0.4 is 10.5 Å². The molecule has 0 saturated heterocycles. The van der Waals surface area contributed by atoms with Crippen LogP contribution in [0.25, 0.3) is 0 Å². The van der Waals surface area contributed by atoms with E-state index in [1.54, 1.807) is 19.1 Å². The summed E-state index contributed by atoms with van der Waals surface area (Å²) in [6, 6.07) is 5.29. The Morgan fingerprint density at radius 3 is 2.80 bits per heavy atom. The van der Waals surface area contributed by atoms with Crippen molar-refractivity contribution < 1.29 is 8.42 Å². The highest BCUT2D eigenvalue weighted by Crippen LogP contribution is 2.34. The fourth-order valence-corrected chi connectivity index (χ4v) is 3.81. The first-order chi connectivity index (χ1) is 9.47. The third kappa shape index (κ3) is 3.40. The summed E-state index contributed by atoms with van der Waals surface area (Å²) in [4.78, 5) is 0.308. The van der Waals surface area contributed by atoms with E-state index in [0.717, 1.165) is 18.4 Å². The number of sulfonamides is 1. The largest absolute Gasteiger partial charge is 0.320 e. The molecule has 4 nitrogen and oxygen atoms in total. The first-order valence-electron chi connectivity index (χ1n) is 6.80. The fourth-order valence-electron chi connectivity index (χ4n) is 2.23. The van der Waals surface area contributed by atoms with Crippen molar-refractivity contribution in [3.8, 4) is 11.8 Å². The van der Waals surface area contributed by atoms with Gasteiger partial charge in [-0.3, -0.25) is 0 Å². The maximum absolute atomic E-state index is 12.4. The van der Waals surface area contributed by atoms with Crippen LogP contribution in [-0.4, -0.2) is 21.0 Å². The van der Waals surface area contributed by atoms with Crippen molar-refractivity contribution in [2.45, 2.75) is 37.6 Å². The lowest BCUT2D eigenvalue weighted by Gasteiger charge is -2.09. The normalized spacial score (nSPS) is 21.1. The molecule has 1 aromatic carbocycles. The number of hydrogen-bond donors (Lipinski definition) is 2. The Hall–Kier alpha value is -1.35. The topological polar surface area (TPSA) is 72.2 Å². The van der Waals surface area contributed by atoms with E-state index in [1.807, 2.05) is 6.07 Å². The SMILES string of the molecule is CCC1CC1NS(=O)(=O)c1cc(C#CCN)ccc1C. The van der Waals surface area contributed by atoms with E-state index in [-0.39, 0.29) is 12.6 Å². The zero-order chi connectivity index (χ0) is 14.8. The van der Waals surface area contributed by atoms with Crippen molar-refractivity contribution in [3.63, 3.8) is 0 Å². The molecule has 1 saturated carbocycles. The number of aryl methyl sites for hydroxylation is 1. The molecular weight excluding hydrogens is 272 g/mol. The number of rotatable bonds is 4. The van der Waals surface area contributed by atoms with E-state index in [0.29, 0.717) is 16.4 Å². The van der Waals surface area contributed by atoms with Crippen molar-refractivity contribution in [2.75, 3.05) is 6.54 Å². The molecule has 0 radical (unpaired) electrons. The van der Waals surface area contributed by atoms with Crippen LogP contribution in [0.5, 0.6) is 0 Å². The molecule has 0 spiro atoms. The highest BCUT2D eigenvalue weighted by molar-refractivity contribution is 7.89. The fraction of sp³-hybridized carbons (Fsp3) is 0.467. The smallest absolute Gasteiger partial charge is 0.241 e. The average molecular weight is 292 g/mol. The highest BCUT2D eigenvalue weighted by Gasteiger charge is 2.38. The standard InChI is InChI=1S/C15H20N2O2S/c1-3-13-10-14(13)17-20(18,19)15-9-12(5-4-8-16)7-6-11(15)2/h6-7,9,13-14,17H,3,8,10,16H2,1-2H3. The van der Waals surface area contributed by atoms with Gasteiger partial charge in [0.05, 0.1) is 11.4 Å². The lowest BCUT2D eigenvalue weighted by atomic mass is 10.1. The van der Waals surface area contributed by atoms with Crippen LogP contribution in [0, 0.1) is 24.7 Å². The van der Waals surface area contributed by atoms with Gasteiger partial charge in [0, 0.05) is 11.6 Å². The van der Waals surface area contributed by atoms with Crippen molar-refractivity contribution in [3.05, 3.63) is 29.3 Å². The second-order valence-electron chi connectivity index (χ2n) is 5.12. The maximum Gasteiger partial charge on any atom is 0.241 e. The summed E-state index contributed by atoms with van der Waals surface area (Å²) in [6.07, 6.45) is 1.94. The van der Waals surface area contributed by atoms with Crippen molar-refractivity contribution in [1.29, 1.82) is 0 Å². The lowest BCUT2D eigenvalue weighted by molar-refractivity contribution is 0.575. The Morgan fingerprint density at radius 2 is 2.20 bits per heavy atom. The second-order valence-corrected chi connectivity index (χ2v) is 6.80. The van der Waals surface area contributed by atoms with Gasteiger partial charge in [0.1, 0.15) is 0 Å². The second kappa shape index (κ2) is 5.96. The summed E-state index contributed by atoms with van der Waals surface area (Å²) < 4.78 is 27.6. The number of benzene rings is 1. The van der Waals surface area contributed by atoms with Gasteiger partial charge in [0.25, 0.3) is 0 Å². The molecule has 2 rings (SSSR count). The number of hydrogen-bond acceptors (Lipinski definition) is 3. The van der Waals surface area contributed by atoms with E-state index < -0.39 is 10.0 Å². The van der Waals surface area contributed by atoms with Crippen LogP contribution in [-0.2, 0) is 10.0 Å². The van der Waals surface area contributed by atoms with Crippen LogP contribution in [0.1, 0.15) is 30.9 Å². The molecule has 1 aliphatic carbocycles. The summed E-state index contributed by atoms with van der Waals surface area (Å²) in [5.41, 5.74) is 6.73. The Balaban J connectivity index is 2.26. The maximum atomic E-state index is 12.4. The van der Waals surface area contributed by atoms with Crippen LogP contribution in [0.3, 0.4) is 0 Å². The van der Waals surface area contributed by atoms with Crippen LogP contribution >= 0.6 is 0 Å². The van der Waals surface area contributed by atoms with Gasteiger partial charge in [0.2, 0.25) is 10.0 Å². The Morgan fingerprint density at radius 1 is 1.45 bits per heavy atom. The van der Waals surface area contributed by atoms with Crippen LogP contribution in [0.15, 0.2) is 23.1 Å². The molecule has 0 amide bonds. The molecule has 1 fully saturated rings. The van der Waals surface area contributed by atoms with E-state index in [1.165, 1.54) is 0 Å². The lowest BCUT2D eigenvalue weighted by Crippen LogP contribution is -2.27. The first-order valence-corrected chi connectivity index (χ1v) is 8.28. The molecule has 5 heteroatoms. The Labute approximate surface area is 120 Å². The summed E-state index contributed by atoms with van der Waals surface area (Å²) in [5.74, 6) is 6.08.